The number of imidazole rings is 1. The number of carbonyl (C=O) groups is 1. The summed E-state index contributed by atoms with van der Waals surface area (Å²) in [7, 11) is 2.51. The van der Waals surface area contributed by atoms with Crippen LogP contribution in [0.4, 0.5) is 19.4 Å². The summed E-state index contributed by atoms with van der Waals surface area (Å²) in [5.41, 5.74) is 6.02. The number of anilines is 1. The summed E-state index contributed by atoms with van der Waals surface area (Å²) in [5.74, 6) is 3.56. The number of nitrogen functional groups attached to an aromatic ring is 1. The molecule has 0 unspecified atom stereocenters. The number of halogens is 2. The van der Waals surface area contributed by atoms with Gasteiger partial charge in [0.2, 0.25) is 0 Å². The Labute approximate surface area is 237 Å². The van der Waals surface area contributed by atoms with E-state index in [9.17, 15) is 4.79 Å². The van der Waals surface area contributed by atoms with Gasteiger partial charge in [0.1, 0.15) is 39.7 Å². The van der Waals surface area contributed by atoms with Crippen molar-refractivity contribution in [2.45, 2.75) is 45.6 Å². The molecule has 1 fully saturated rings. The quantitative estimate of drug-likeness (QED) is 0.335. The van der Waals surface area contributed by atoms with Crippen molar-refractivity contribution in [3.63, 3.8) is 0 Å². The van der Waals surface area contributed by atoms with Crippen LogP contribution in [0.5, 0.6) is 11.5 Å². The van der Waals surface area contributed by atoms with Crippen LogP contribution < -0.4 is 15.2 Å². The smallest absolute Gasteiger partial charge is 0.410 e. The molecule has 1 saturated heterocycles. The number of hydrogen-bond donors (Lipinski definition) is 1. The molecule has 12 heteroatoms. The second-order valence-electron chi connectivity index (χ2n) is 10.3. The number of benzene rings is 1. The zero-order valence-corrected chi connectivity index (χ0v) is 23.9. The predicted molar refractivity (Wildman–Crippen MR) is 149 cm³/mol. The number of nitrogens with two attached hydrogens (primary N) is 1. The highest BCUT2D eigenvalue weighted by Crippen LogP contribution is 2.34. The molecule has 2 N–H and O–H groups in total. The monoisotopic (exact) mass is 569 g/mol. The van der Waals surface area contributed by atoms with E-state index in [0.29, 0.717) is 48.9 Å². The molecule has 0 bridgehead atoms. The molecule has 1 aliphatic heterocycles. The van der Waals surface area contributed by atoms with Gasteiger partial charge < -0.3 is 29.6 Å². The van der Waals surface area contributed by atoms with Crippen LogP contribution in [0.25, 0.3) is 11.3 Å². The van der Waals surface area contributed by atoms with Crippen molar-refractivity contribution in [1.82, 2.24) is 19.3 Å². The Balaban J connectivity index is 1.87. The molecule has 218 valence electrons. The molecule has 41 heavy (non-hydrogen) atoms. The number of hydrogen-bond acceptors (Lipinski definition) is 8. The van der Waals surface area contributed by atoms with Crippen LogP contribution >= 0.6 is 0 Å². The number of likely N-dealkylation sites (tertiary alicyclic amines) is 1. The lowest BCUT2D eigenvalue weighted by Gasteiger charge is -2.24. The fourth-order valence-electron chi connectivity index (χ4n) is 4.55. The summed E-state index contributed by atoms with van der Waals surface area (Å²) in [6.45, 7) is 12.4. The molecule has 0 radical (unpaired) electrons. The third-order valence-electron chi connectivity index (χ3n) is 6.40. The lowest BCUT2D eigenvalue weighted by molar-refractivity contribution is 0.0292. The van der Waals surface area contributed by atoms with Crippen molar-refractivity contribution in [3.8, 4) is 23.3 Å². The van der Waals surface area contributed by atoms with Crippen LogP contribution in [0.2, 0.25) is 0 Å². The SMILES string of the molecule is C=C(OCC)c1cnc(N)c2c(C#Cc3c(F)c(OC)cc(OC)c3F)nc([C@H]3CCN(C(=O)OC(C)(C)C)C3)n12. The van der Waals surface area contributed by atoms with Gasteiger partial charge in [-0.05, 0) is 40.0 Å². The van der Waals surface area contributed by atoms with E-state index in [2.05, 4.69) is 23.4 Å². The van der Waals surface area contributed by atoms with Crippen molar-refractivity contribution in [1.29, 1.82) is 0 Å². The average Bonchev–Trinajstić information content (AvgIpc) is 3.54. The minimum atomic E-state index is -0.984. The highest BCUT2D eigenvalue weighted by atomic mass is 19.1. The minimum Gasteiger partial charge on any atom is -0.493 e. The van der Waals surface area contributed by atoms with Gasteiger partial charge in [-0.15, -0.1) is 0 Å². The fraction of sp³-hybridized carbons (Fsp3) is 0.414. The van der Waals surface area contributed by atoms with Gasteiger partial charge >= 0.3 is 6.09 Å². The van der Waals surface area contributed by atoms with Crippen LogP contribution in [0.3, 0.4) is 0 Å². The maximum Gasteiger partial charge on any atom is 0.410 e. The van der Waals surface area contributed by atoms with E-state index in [1.54, 1.807) is 30.1 Å². The molecule has 1 aromatic carbocycles. The van der Waals surface area contributed by atoms with Gasteiger partial charge in [-0.2, -0.15) is 0 Å². The molecule has 3 heterocycles. The molecule has 10 nitrogen and oxygen atoms in total. The summed E-state index contributed by atoms with van der Waals surface area (Å²) in [6.07, 6.45) is 1.65. The van der Waals surface area contributed by atoms with Gasteiger partial charge in [0, 0.05) is 25.1 Å². The molecule has 0 aliphatic carbocycles. The van der Waals surface area contributed by atoms with Crippen molar-refractivity contribution >= 4 is 23.2 Å². The number of aromatic nitrogens is 3. The van der Waals surface area contributed by atoms with E-state index in [-0.39, 0.29) is 28.9 Å². The maximum atomic E-state index is 15.0. The molecule has 3 aromatic rings. The van der Waals surface area contributed by atoms with Gasteiger partial charge in [0.05, 0.1) is 27.0 Å². The minimum absolute atomic E-state index is 0.0901. The standard InChI is InChI=1S/C29H33F2N5O5/c1-8-40-16(2)20-14-33-26(32)25-19(10-9-18-23(30)21(38-6)13-22(39-7)24(18)31)34-27(36(20)25)17-11-12-35(15-17)28(37)41-29(3,4)5/h13-14,17H,2,8,11-12,15H2,1,3-7H3,(H2,32,33)/t17-/m0/s1. The third-order valence-corrected chi connectivity index (χ3v) is 6.40. The number of methoxy groups -OCH3 is 2. The first-order valence-corrected chi connectivity index (χ1v) is 13.0. The van der Waals surface area contributed by atoms with E-state index in [0.717, 1.165) is 6.07 Å². The molecule has 1 atom stereocenters. The molecule has 0 saturated carbocycles. The Morgan fingerprint density at radius 1 is 1.20 bits per heavy atom. The molecular weight excluding hydrogens is 536 g/mol. The lowest BCUT2D eigenvalue weighted by Crippen LogP contribution is -2.35. The molecular formula is C29H33F2N5O5. The Morgan fingerprint density at radius 2 is 1.85 bits per heavy atom. The number of rotatable bonds is 6. The summed E-state index contributed by atoms with van der Waals surface area (Å²) < 4.78 is 53.0. The molecule has 4 rings (SSSR count). The Bertz CT molecular complexity index is 1540. The van der Waals surface area contributed by atoms with Gasteiger partial charge in [0.25, 0.3) is 0 Å². The molecule has 1 amide bonds. The van der Waals surface area contributed by atoms with Crippen molar-refractivity contribution in [2.24, 2.45) is 0 Å². The summed E-state index contributed by atoms with van der Waals surface area (Å²) >= 11 is 0. The maximum absolute atomic E-state index is 15.0. The highest BCUT2D eigenvalue weighted by molar-refractivity contribution is 5.77. The second-order valence-corrected chi connectivity index (χ2v) is 10.3. The largest absolute Gasteiger partial charge is 0.493 e. The molecule has 2 aromatic heterocycles. The molecule has 0 spiro atoms. The van der Waals surface area contributed by atoms with Crippen molar-refractivity contribution in [3.05, 3.63) is 53.3 Å². The topological polar surface area (TPSA) is 113 Å². The normalized spacial score (nSPS) is 14.9. The van der Waals surface area contributed by atoms with Crippen LogP contribution in [0.15, 0.2) is 18.8 Å². The Kier molecular flexibility index (Phi) is 8.28. The van der Waals surface area contributed by atoms with Crippen LogP contribution in [-0.4, -0.2) is 64.9 Å². The summed E-state index contributed by atoms with van der Waals surface area (Å²) in [5, 5.41) is 0. The van der Waals surface area contributed by atoms with Crippen molar-refractivity contribution in [2.75, 3.05) is 39.6 Å². The van der Waals surface area contributed by atoms with E-state index >= 15 is 8.78 Å². The van der Waals surface area contributed by atoms with Gasteiger partial charge in [-0.25, -0.2) is 23.5 Å². The average molecular weight is 570 g/mol. The molecule has 1 aliphatic rings. The van der Waals surface area contributed by atoms with Gasteiger partial charge in [0.15, 0.2) is 29.0 Å². The number of amides is 1. The van der Waals surface area contributed by atoms with Gasteiger partial charge in [-0.1, -0.05) is 12.5 Å². The first-order valence-electron chi connectivity index (χ1n) is 13.0. The van der Waals surface area contributed by atoms with Crippen LogP contribution in [-0.2, 0) is 9.47 Å². The third kappa shape index (κ3) is 5.84. The first-order chi connectivity index (χ1) is 19.4. The van der Waals surface area contributed by atoms with E-state index in [1.165, 1.54) is 20.4 Å². The summed E-state index contributed by atoms with van der Waals surface area (Å²) in [6, 6.07) is 1.10. The van der Waals surface area contributed by atoms with E-state index in [4.69, 9.17) is 29.7 Å². The Hall–Kier alpha value is -4.53. The fourth-order valence-corrected chi connectivity index (χ4v) is 4.55. The number of carbonyl (C=O) groups excluding carboxylic acids is 1. The Morgan fingerprint density at radius 3 is 2.44 bits per heavy atom. The zero-order chi connectivity index (χ0) is 30.1. The van der Waals surface area contributed by atoms with Gasteiger partial charge in [-0.3, -0.25) is 4.40 Å². The predicted octanol–water partition coefficient (Wildman–Crippen LogP) is 4.74. The van der Waals surface area contributed by atoms with E-state index < -0.39 is 28.9 Å². The highest BCUT2D eigenvalue weighted by Gasteiger charge is 2.34. The number of nitrogens with zero attached hydrogens (tertiary/aromatic N) is 4. The summed E-state index contributed by atoms with van der Waals surface area (Å²) in [4.78, 5) is 23.4. The van der Waals surface area contributed by atoms with Crippen molar-refractivity contribution < 1.29 is 32.5 Å². The first kappa shape index (κ1) is 29.5. The number of ether oxygens (including phenoxy) is 4. The second kappa shape index (κ2) is 11.5. The van der Waals surface area contributed by atoms with E-state index in [1.807, 2.05) is 6.92 Å². The van der Waals surface area contributed by atoms with Crippen LogP contribution in [0.1, 0.15) is 62.8 Å². The lowest BCUT2D eigenvalue weighted by atomic mass is 10.1. The van der Waals surface area contributed by atoms with Crippen LogP contribution in [0, 0.1) is 23.5 Å². The zero-order valence-electron chi connectivity index (χ0n) is 23.9. The number of fused-ring (bicyclic) bond motifs is 1.